The first-order valence-corrected chi connectivity index (χ1v) is 3.53. The molecule has 0 aliphatic carbocycles. The summed E-state index contributed by atoms with van der Waals surface area (Å²) >= 11 is 0. The number of aliphatic hydroxyl groups excluding tert-OH is 1. The fourth-order valence-corrected chi connectivity index (χ4v) is 0.457. The van der Waals surface area contributed by atoms with Crippen molar-refractivity contribution in [1.82, 2.24) is 5.32 Å². The minimum atomic E-state index is -1.37. The molecule has 0 radical (unpaired) electrons. The largest absolute Gasteiger partial charge is 0.392 e. The summed E-state index contributed by atoms with van der Waals surface area (Å²) in [5.74, 6) is -0.474. The van der Waals surface area contributed by atoms with Gasteiger partial charge in [-0.15, -0.1) is 0 Å². The minimum Gasteiger partial charge on any atom is -0.392 e. The third-order valence-corrected chi connectivity index (χ3v) is 1.11. The number of amides is 1. The highest BCUT2D eigenvalue weighted by Crippen LogP contribution is 1.99. The van der Waals surface area contributed by atoms with Gasteiger partial charge in [0.15, 0.2) is 0 Å². The minimum absolute atomic E-state index is 0.169. The fourth-order valence-electron chi connectivity index (χ4n) is 0.457. The van der Waals surface area contributed by atoms with E-state index in [0.717, 1.165) is 0 Å². The van der Waals surface area contributed by atoms with Crippen LogP contribution < -0.4 is 5.32 Å². The van der Waals surface area contributed by atoms with Crippen LogP contribution in [0.25, 0.3) is 0 Å². The standard InChI is InChI=1S/C7H15NO3/c1-5(9)4-8-6(10)7(2,3)11/h5,9,11H,4H2,1-3H3,(H,8,10)/t5-/m1/s1. The lowest BCUT2D eigenvalue weighted by Gasteiger charge is -2.17. The van der Waals surface area contributed by atoms with Crippen molar-refractivity contribution in [2.24, 2.45) is 0 Å². The monoisotopic (exact) mass is 161 g/mol. The summed E-state index contributed by atoms with van der Waals surface area (Å²) in [6.45, 7) is 4.52. The molecule has 0 heterocycles. The highest BCUT2D eigenvalue weighted by molar-refractivity contribution is 5.83. The Morgan fingerprint density at radius 2 is 2.09 bits per heavy atom. The van der Waals surface area contributed by atoms with E-state index in [1.165, 1.54) is 13.8 Å². The molecule has 11 heavy (non-hydrogen) atoms. The first-order chi connectivity index (χ1) is 4.84. The van der Waals surface area contributed by atoms with E-state index in [4.69, 9.17) is 10.2 Å². The number of hydrogen-bond acceptors (Lipinski definition) is 3. The van der Waals surface area contributed by atoms with Crippen LogP contribution >= 0.6 is 0 Å². The summed E-state index contributed by atoms with van der Waals surface area (Å²) in [6.07, 6.45) is -0.582. The lowest BCUT2D eigenvalue weighted by Crippen LogP contribution is -2.44. The summed E-state index contributed by atoms with van der Waals surface area (Å²) in [5, 5.41) is 20.3. The Morgan fingerprint density at radius 3 is 2.36 bits per heavy atom. The lowest BCUT2D eigenvalue weighted by atomic mass is 10.1. The lowest BCUT2D eigenvalue weighted by molar-refractivity contribution is -0.136. The first kappa shape index (κ1) is 10.4. The van der Waals surface area contributed by atoms with Gasteiger partial charge in [0.1, 0.15) is 5.60 Å². The second-order valence-electron chi connectivity index (χ2n) is 3.12. The number of carbonyl (C=O) groups is 1. The zero-order valence-corrected chi connectivity index (χ0v) is 7.09. The second-order valence-corrected chi connectivity index (χ2v) is 3.12. The molecule has 0 aromatic rings. The highest BCUT2D eigenvalue weighted by Gasteiger charge is 2.23. The van der Waals surface area contributed by atoms with Crippen LogP contribution in [0.5, 0.6) is 0 Å². The molecule has 0 spiro atoms. The van der Waals surface area contributed by atoms with Crippen LogP contribution in [0.15, 0.2) is 0 Å². The Morgan fingerprint density at radius 1 is 1.64 bits per heavy atom. The van der Waals surface area contributed by atoms with E-state index in [1.807, 2.05) is 0 Å². The Balaban J connectivity index is 3.71. The molecule has 3 N–H and O–H groups in total. The molecule has 0 aliphatic heterocycles. The predicted octanol–water partition coefficient (Wildman–Crippen LogP) is -0.746. The molecule has 0 saturated carbocycles. The predicted molar refractivity (Wildman–Crippen MR) is 41.0 cm³/mol. The van der Waals surface area contributed by atoms with Crippen molar-refractivity contribution in [3.8, 4) is 0 Å². The molecule has 1 amide bonds. The van der Waals surface area contributed by atoms with Crippen LogP contribution in [-0.4, -0.2) is 34.4 Å². The van der Waals surface area contributed by atoms with Crippen molar-refractivity contribution in [1.29, 1.82) is 0 Å². The molecule has 0 bridgehead atoms. The topological polar surface area (TPSA) is 69.6 Å². The molecule has 0 rings (SSSR count). The van der Waals surface area contributed by atoms with E-state index < -0.39 is 17.6 Å². The number of nitrogens with one attached hydrogen (secondary N) is 1. The Bertz CT molecular complexity index is 137. The van der Waals surface area contributed by atoms with Crippen molar-refractivity contribution in [3.63, 3.8) is 0 Å². The van der Waals surface area contributed by atoms with Gasteiger partial charge in [-0.3, -0.25) is 4.79 Å². The molecule has 1 atom stereocenters. The number of aliphatic hydroxyl groups is 2. The first-order valence-electron chi connectivity index (χ1n) is 3.53. The maximum Gasteiger partial charge on any atom is 0.251 e. The quantitative estimate of drug-likeness (QED) is 0.510. The molecular formula is C7H15NO3. The van der Waals surface area contributed by atoms with E-state index in [-0.39, 0.29) is 6.54 Å². The molecule has 0 fully saturated rings. The second kappa shape index (κ2) is 3.69. The molecule has 0 aromatic heterocycles. The van der Waals surface area contributed by atoms with Gasteiger partial charge in [0.05, 0.1) is 6.10 Å². The van der Waals surface area contributed by atoms with E-state index >= 15 is 0 Å². The maximum atomic E-state index is 10.9. The van der Waals surface area contributed by atoms with Gasteiger partial charge < -0.3 is 15.5 Å². The summed E-state index contributed by atoms with van der Waals surface area (Å²) in [4.78, 5) is 10.9. The van der Waals surface area contributed by atoms with Crippen LogP contribution in [0.3, 0.4) is 0 Å². The zero-order valence-electron chi connectivity index (χ0n) is 7.09. The number of carbonyl (C=O) groups excluding carboxylic acids is 1. The van der Waals surface area contributed by atoms with Gasteiger partial charge in [0.25, 0.3) is 5.91 Å². The van der Waals surface area contributed by atoms with Gasteiger partial charge in [0.2, 0.25) is 0 Å². The molecule has 0 saturated heterocycles. The molecule has 0 unspecified atom stereocenters. The van der Waals surface area contributed by atoms with Crippen LogP contribution in [0.2, 0.25) is 0 Å². The summed E-state index contributed by atoms with van der Waals surface area (Å²) < 4.78 is 0. The van der Waals surface area contributed by atoms with Crippen LogP contribution in [0.4, 0.5) is 0 Å². The van der Waals surface area contributed by atoms with Gasteiger partial charge in [-0.25, -0.2) is 0 Å². The smallest absolute Gasteiger partial charge is 0.251 e. The van der Waals surface area contributed by atoms with Gasteiger partial charge in [-0.1, -0.05) is 0 Å². The summed E-state index contributed by atoms with van der Waals surface area (Å²) in [5.41, 5.74) is -1.37. The fraction of sp³-hybridized carbons (Fsp3) is 0.857. The molecule has 4 nitrogen and oxygen atoms in total. The summed E-state index contributed by atoms with van der Waals surface area (Å²) in [6, 6.07) is 0. The average molecular weight is 161 g/mol. The molecule has 66 valence electrons. The molecule has 0 aromatic carbocycles. The van der Waals surface area contributed by atoms with Gasteiger partial charge in [0, 0.05) is 6.54 Å². The van der Waals surface area contributed by atoms with Crippen LogP contribution in [0.1, 0.15) is 20.8 Å². The van der Waals surface area contributed by atoms with Crippen molar-refractivity contribution in [3.05, 3.63) is 0 Å². The Hall–Kier alpha value is -0.610. The Kier molecular flexibility index (Phi) is 3.48. The van der Waals surface area contributed by atoms with Gasteiger partial charge in [-0.05, 0) is 20.8 Å². The van der Waals surface area contributed by atoms with E-state index in [0.29, 0.717) is 0 Å². The van der Waals surface area contributed by atoms with Gasteiger partial charge >= 0.3 is 0 Å². The van der Waals surface area contributed by atoms with E-state index in [2.05, 4.69) is 5.32 Å². The van der Waals surface area contributed by atoms with Crippen molar-refractivity contribution >= 4 is 5.91 Å². The van der Waals surface area contributed by atoms with Crippen LogP contribution in [-0.2, 0) is 4.79 Å². The average Bonchev–Trinajstić information content (AvgIpc) is 1.80. The third-order valence-electron chi connectivity index (χ3n) is 1.11. The SMILES string of the molecule is C[C@@H](O)CNC(=O)C(C)(C)O. The van der Waals surface area contributed by atoms with Crippen LogP contribution in [0, 0.1) is 0 Å². The molecular weight excluding hydrogens is 146 g/mol. The zero-order chi connectivity index (χ0) is 9.07. The van der Waals surface area contributed by atoms with Crippen molar-refractivity contribution < 1.29 is 15.0 Å². The van der Waals surface area contributed by atoms with E-state index in [9.17, 15) is 4.79 Å². The van der Waals surface area contributed by atoms with Crippen molar-refractivity contribution in [2.75, 3.05) is 6.54 Å². The number of hydrogen-bond donors (Lipinski definition) is 3. The third kappa shape index (κ3) is 4.75. The molecule has 4 heteroatoms. The van der Waals surface area contributed by atoms with Crippen molar-refractivity contribution in [2.45, 2.75) is 32.5 Å². The van der Waals surface area contributed by atoms with E-state index in [1.54, 1.807) is 6.92 Å². The number of rotatable bonds is 3. The maximum absolute atomic E-state index is 10.9. The highest BCUT2D eigenvalue weighted by atomic mass is 16.3. The Labute approximate surface area is 66.2 Å². The summed E-state index contributed by atoms with van der Waals surface area (Å²) in [7, 11) is 0. The van der Waals surface area contributed by atoms with Gasteiger partial charge in [-0.2, -0.15) is 0 Å². The molecule has 0 aliphatic rings. The normalized spacial score (nSPS) is 14.3.